The summed E-state index contributed by atoms with van der Waals surface area (Å²) in [5, 5.41) is 2.14. The van der Waals surface area contributed by atoms with Gasteiger partial charge in [0.05, 0.1) is 13.2 Å². The van der Waals surface area contributed by atoms with Crippen molar-refractivity contribution in [2.45, 2.75) is 0 Å². The van der Waals surface area contributed by atoms with Crippen LogP contribution in [-0.2, 0) is 19.0 Å². The van der Waals surface area contributed by atoms with Gasteiger partial charge in [0, 0.05) is 6.40 Å². The molecule has 1 saturated heterocycles. The molecule has 0 aliphatic carbocycles. The molecule has 0 aromatic rings. The highest BCUT2D eigenvalue weighted by Gasteiger charge is 1.96. The van der Waals surface area contributed by atoms with Crippen LogP contribution < -0.4 is 5.32 Å². The van der Waals surface area contributed by atoms with Gasteiger partial charge in [-0.25, -0.2) is 0 Å². The highest BCUT2D eigenvalue weighted by molar-refractivity contribution is 5.88. The van der Waals surface area contributed by atoms with E-state index in [0.717, 1.165) is 33.0 Å². The summed E-state index contributed by atoms with van der Waals surface area (Å²) in [7, 11) is 0. The van der Waals surface area contributed by atoms with E-state index in [2.05, 4.69) is 24.8 Å². The van der Waals surface area contributed by atoms with Crippen LogP contribution in [0.3, 0.4) is 0 Å². The molecule has 3 rings (SSSR count). The number of ether oxygens (including phenoxy) is 3. The topological polar surface area (TPSA) is 86.1 Å². The molecule has 0 radical (unpaired) electrons. The van der Waals surface area contributed by atoms with Crippen LogP contribution in [0.2, 0.25) is 0 Å². The number of amides is 1. The molecule has 0 bridgehead atoms. The Bertz CT molecular complexity index is 238. The molecule has 0 atom stereocenters. The molecule has 0 aromatic carbocycles. The van der Waals surface area contributed by atoms with Gasteiger partial charge in [0.25, 0.3) is 0 Å². The number of carbonyl (C=O) groups excluding carboxylic acids is 1. The van der Waals surface area contributed by atoms with Crippen molar-refractivity contribution in [2.24, 2.45) is 9.98 Å². The zero-order chi connectivity index (χ0) is 11.5. The quantitative estimate of drug-likeness (QED) is 0.488. The minimum Gasteiger partial charge on any atom is -0.581 e. The van der Waals surface area contributed by atoms with Crippen LogP contribution >= 0.6 is 0 Å². The Morgan fingerprint density at radius 3 is 2.56 bits per heavy atom. The third-order valence-electron chi connectivity index (χ3n) is 1.62. The van der Waals surface area contributed by atoms with E-state index in [9.17, 15) is 4.79 Å². The number of nitrogens with two attached hydrogens (primary N) is 1. The first kappa shape index (κ1) is 12.6. The molecule has 2 N–H and O–H groups in total. The molecule has 0 unspecified atom stereocenters. The third kappa shape index (κ3) is 6.91. The van der Waals surface area contributed by atoms with Crippen LogP contribution in [0.15, 0.2) is 9.98 Å². The second kappa shape index (κ2) is 8.81. The van der Waals surface area contributed by atoms with Crippen LogP contribution in [-0.4, -0.2) is 58.3 Å². The van der Waals surface area contributed by atoms with Gasteiger partial charge in [0.2, 0.25) is 0 Å². The fraction of sp³-hybridized carbons (Fsp3) is 0.667. The fourth-order valence-electron chi connectivity index (χ4n) is 0.890. The summed E-state index contributed by atoms with van der Waals surface area (Å²) in [5.41, 5.74) is 0. The minimum absolute atomic E-state index is 0.0694. The van der Waals surface area contributed by atoms with E-state index >= 15 is 0 Å². The standard InChI is InChI=1S/C3H2NO2.C3H7NO.C3H5NO/c5-3-1-6-2-4-3;2*1-2-5-3-4-1/h1H2;4H,1-3H2;3H,1-2H2/q-1;;/p+1. The Morgan fingerprint density at radius 2 is 2.38 bits per heavy atom. The molecule has 3 aliphatic heterocycles. The maximum absolute atomic E-state index is 9.89. The lowest BCUT2D eigenvalue weighted by Crippen LogP contribution is -2.81. The molecule has 90 valence electrons. The van der Waals surface area contributed by atoms with Gasteiger partial charge in [-0.05, 0) is 0 Å². The summed E-state index contributed by atoms with van der Waals surface area (Å²) in [6.07, 6.45) is 3.53. The molecule has 1 amide bonds. The van der Waals surface area contributed by atoms with Crippen molar-refractivity contribution in [3.63, 3.8) is 0 Å². The SMILES string of the molecule is C1=NCCO1.C1COC[NH2+]1.O=C1CO[C-]=N1. The summed E-state index contributed by atoms with van der Waals surface area (Å²) in [5.74, 6) is -0.255. The van der Waals surface area contributed by atoms with Crippen molar-refractivity contribution in [2.75, 3.05) is 39.6 Å². The van der Waals surface area contributed by atoms with E-state index in [0.29, 0.717) is 0 Å². The van der Waals surface area contributed by atoms with E-state index in [-0.39, 0.29) is 12.5 Å². The number of nitrogens with zero attached hydrogens (tertiary/aromatic N) is 2. The lowest BCUT2D eigenvalue weighted by molar-refractivity contribution is -0.650. The summed E-state index contributed by atoms with van der Waals surface area (Å²) < 4.78 is 13.8. The molecule has 3 heterocycles. The molecule has 0 spiro atoms. The lowest BCUT2D eigenvalue weighted by atomic mass is 10.7. The Morgan fingerprint density at radius 1 is 1.44 bits per heavy atom. The highest BCUT2D eigenvalue weighted by Crippen LogP contribution is 1.83. The highest BCUT2D eigenvalue weighted by atomic mass is 16.5. The van der Waals surface area contributed by atoms with E-state index in [1.165, 1.54) is 6.40 Å². The second-order valence-electron chi connectivity index (χ2n) is 2.92. The first-order valence-electron chi connectivity index (χ1n) is 4.99. The molecule has 7 nitrogen and oxygen atoms in total. The number of carbonyl (C=O) groups is 1. The summed E-state index contributed by atoms with van der Waals surface area (Å²) in [6.45, 7) is 4.67. The Labute approximate surface area is 93.5 Å². The number of rotatable bonds is 0. The Kier molecular flexibility index (Phi) is 6.94. The zero-order valence-corrected chi connectivity index (χ0v) is 8.92. The predicted molar refractivity (Wildman–Crippen MR) is 55.3 cm³/mol. The molecule has 16 heavy (non-hydrogen) atoms. The molecule has 3 aliphatic rings. The van der Waals surface area contributed by atoms with E-state index in [1.807, 2.05) is 6.40 Å². The number of hydrogen-bond donors (Lipinski definition) is 1. The Balaban J connectivity index is 0.000000121. The molecule has 7 heteroatoms. The molecule has 0 saturated carbocycles. The smallest absolute Gasteiger partial charge is 0.180 e. The van der Waals surface area contributed by atoms with Crippen LogP contribution in [0, 0.1) is 0 Å². The fourth-order valence-corrected chi connectivity index (χ4v) is 0.890. The number of quaternary nitrogens is 1. The predicted octanol–water partition coefficient (Wildman–Crippen LogP) is -1.97. The van der Waals surface area contributed by atoms with Gasteiger partial charge in [-0.15, -0.1) is 0 Å². The van der Waals surface area contributed by atoms with Crippen LogP contribution in [0.25, 0.3) is 0 Å². The van der Waals surface area contributed by atoms with Crippen LogP contribution in [0.1, 0.15) is 0 Å². The lowest BCUT2D eigenvalue weighted by Gasteiger charge is -1.87. The molecular weight excluding hydrogens is 214 g/mol. The van der Waals surface area contributed by atoms with Crippen molar-refractivity contribution in [1.29, 1.82) is 0 Å². The minimum atomic E-state index is -0.255. The van der Waals surface area contributed by atoms with Crippen molar-refractivity contribution < 1.29 is 24.3 Å². The first-order valence-corrected chi connectivity index (χ1v) is 4.99. The maximum atomic E-state index is 9.89. The molecule has 0 aromatic heterocycles. The zero-order valence-electron chi connectivity index (χ0n) is 8.92. The van der Waals surface area contributed by atoms with E-state index in [1.54, 1.807) is 0 Å². The number of aliphatic imine (C=N–C) groups is 2. The normalized spacial score (nSPS) is 20.4. The second-order valence-corrected chi connectivity index (χ2v) is 2.92. The van der Waals surface area contributed by atoms with Gasteiger partial charge in [-0.1, -0.05) is 0 Å². The average Bonchev–Trinajstić information content (AvgIpc) is 3.07. The van der Waals surface area contributed by atoms with Crippen molar-refractivity contribution >= 4 is 18.7 Å². The van der Waals surface area contributed by atoms with Crippen LogP contribution in [0.4, 0.5) is 0 Å². The van der Waals surface area contributed by atoms with Gasteiger partial charge in [-0.3, -0.25) is 4.99 Å². The summed E-state index contributed by atoms with van der Waals surface area (Å²) in [6, 6.07) is 0. The summed E-state index contributed by atoms with van der Waals surface area (Å²) >= 11 is 0. The molecular formula is C9H15N3O4. The number of hydrogen-bond acceptors (Lipinski definition) is 5. The van der Waals surface area contributed by atoms with Gasteiger partial charge in [0.15, 0.2) is 13.1 Å². The van der Waals surface area contributed by atoms with Gasteiger partial charge in [0.1, 0.15) is 25.7 Å². The summed E-state index contributed by atoms with van der Waals surface area (Å²) in [4.78, 5) is 16.8. The Hall–Kier alpha value is -1.47. The largest absolute Gasteiger partial charge is 0.581 e. The van der Waals surface area contributed by atoms with Crippen molar-refractivity contribution in [3.05, 3.63) is 0 Å². The average molecular weight is 229 g/mol. The van der Waals surface area contributed by atoms with Gasteiger partial charge < -0.3 is 29.3 Å². The first-order chi connectivity index (χ1) is 7.89. The van der Waals surface area contributed by atoms with Gasteiger partial charge >= 0.3 is 0 Å². The van der Waals surface area contributed by atoms with Crippen LogP contribution in [0.5, 0.6) is 0 Å². The van der Waals surface area contributed by atoms with E-state index < -0.39 is 0 Å². The van der Waals surface area contributed by atoms with Crippen molar-refractivity contribution in [1.82, 2.24) is 0 Å². The third-order valence-corrected chi connectivity index (χ3v) is 1.62. The maximum Gasteiger partial charge on any atom is 0.180 e. The van der Waals surface area contributed by atoms with Gasteiger partial charge in [-0.2, -0.15) is 0 Å². The molecule has 1 fully saturated rings. The van der Waals surface area contributed by atoms with E-state index in [4.69, 9.17) is 4.74 Å². The monoisotopic (exact) mass is 229 g/mol. The van der Waals surface area contributed by atoms with Crippen molar-refractivity contribution in [3.8, 4) is 0 Å².